The van der Waals surface area contributed by atoms with Gasteiger partial charge in [-0.3, -0.25) is 9.59 Å². The third kappa shape index (κ3) is 12.4. The van der Waals surface area contributed by atoms with Crippen molar-refractivity contribution in [1.82, 2.24) is 0 Å². The van der Waals surface area contributed by atoms with E-state index >= 15 is 0 Å². The SMILES string of the molecule is O=C(O)CC/C=C/C/C=C/CCCC(=O)O. The first-order chi connectivity index (χ1) is 7.63. The van der Waals surface area contributed by atoms with Gasteiger partial charge in [-0.15, -0.1) is 0 Å². The highest BCUT2D eigenvalue weighted by atomic mass is 16.4. The van der Waals surface area contributed by atoms with Crippen LogP contribution in [0.2, 0.25) is 0 Å². The lowest BCUT2D eigenvalue weighted by Crippen LogP contribution is -1.92. The third-order valence-electron chi connectivity index (χ3n) is 1.89. The van der Waals surface area contributed by atoms with Gasteiger partial charge in [0.25, 0.3) is 0 Å². The second-order valence-electron chi connectivity index (χ2n) is 3.40. The van der Waals surface area contributed by atoms with Crippen molar-refractivity contribution in [3.8, 4) is 0 Å². The Labute approximate surface area is 95.3 Å². The Hall–Kier alpha value is -1.58. The molecule has 0 aromatic rings. The molecule has 0 saturated heterocycles. The topological polar surface area (TPSA) is 74.6 Å². The van der Waals surface area contributed by atoms with Crippen LogP contribution in [0, 0.1) is 0 Å². The molecule has 0 radical (unpaired) electrons. The molecule has 4 heteroatoms. The molecule has 0 rings (SSSR count). The highest BCUT2D eigenvalue weighted by molar-refractivity contribution is 5.67. The Kier molecular flexibility index (Phi) is 8.97. The number of carbonyl (C=O) groups is 2. The van der Waals surface area contributed by atoms with Crippen molar-refractivity contribution in [1.29, 1.82) is 0 Å². The van der Waals surface area contributed by atoms with Crippen LogP contribution in [-0.4, -0.2) is 22.2 Å². The minimum Gasteiger partial charge on any atom is -0.481 e. The molecule has 0 aliphatic carbocycles. The van der Waals surface area contributed by atoms with Gasteiger partial charge in [-0.2, -0.15) is 0 Å². The van der Waals surface area contributed by atoms with E-state index < -0.39 is 11.9 Å². The van der Waals surface area contributed by atoms with E-state index in [0.717, 1.165) is 12.8 Å². The van der Waals surface area contributed by atoms with Crippen LogP contribution in [0.15, 0.2) is 24.3 Å². The Morgan fingerprint density at radius 3 is 1.94 bits per heavy atom. The number of allylic oxidation sites excluding steroid dienone is 4. The molecule has 0 spiro atoms. The van der Waals surface area contributed by atoms with Crippen molar-refractivity contribution in [2.75, 3.05) is 0 Å². The molecule has 2 N–H and O–H groups in total. The molecular weight excluding hydrogens is 208 g/mol. The van der Waals surface area contributed by atoms with Crippen molar-refractivity contribution in [3.05, 3.63) is 24.3 Å². The predicted octanol–water partition coefficient (Wildman–Crippen LogP) is 2.61. The number of carboxylic acids is 2. The number of aliphatic carboxylic acids is 2. The zero-order chi connectivity index (χ0) is 12.2. The van der Waals surface area contributed by atoms with Gasteiger partial charge < -0.3 is 10.2 Å². The van der Waals surface area contributed by atoms with E-state index in [0.29, 0.717) is 12.8 Å². The van der Waals surface area contributed by atoms with Crippen LogP contribution in [0.5, 0.6) is 0 Å². The summed E-state index contributed by atoms with van der Waals surface area (Å²) in [5.41, 5.74) is 0. The summed E-state index contributed by atoms with van der Waals surface area (Å²) < 4.78 is 0. The molecule has 90 valence electrons. The van der Waals surface area contributed by atoms with Crippen LogP contribution in [0.1, 0.15) is 38.5 Å². The van der Waals surface area contributed by atoms with Gasteiger partial charge in [-0.25, -0.2) is 0 Å². The minimum atomic E-state index is -0.783. The first-order valence-corrected chi connectivity index (χ1v) is 5.36. The molecule has 0 heterocycles. The van der Waals surface area contributed by atoms with Crippen LogP contribution >= 0.6 is 0 Å². The summed E-state index contributed by atoms with van der Waals surface area (Å²) in [4.78, 5) is 20.3. The normalized spacial score (nSPS) is 11.2. The van der Waals surface area contributed by atoms with E-state index in [1.54, 1.807) is 0 Å². The van der Waals surface area contributed by atoms with E-state index in [2.05, 4.69) is 0 Å². The van der Waals surface area contributed by atoms with Crippen molar-refractivity contribution in [2.45, 2.75) is 38.5 Å². The standard InChI is InChI=1S/C12H18O4/c13-11(14)9-7-5-3-1-2-4-6-8-10-12(15)16/h1,3-4,6H,2,5,7-10H2,(H,13,14)(H,15,16)/b3-1+,6-4+. The quantitative estimate of drug-likeness (QED) is 0.468. The van der Waals surface area contributed by atoms with E-state index in [4.69, 9.17) is 10.2 Å². The monoisotopic (exact) mass is 226 g/mol. The molecule has 0 aliphatic rings. The second-order valence-corrected chi connectivity index (χ2v) is 3.40. The molecule has 16 heavy (non-hydrogen) atoms. The summed E-state index contributed by atoms with van der Waals surface area (Å²) in [6.45, 7) is 0. The molecule has 0 aromatic carbocycles. The fourth-order valence-electron chi connectivity index (χ4n) is 1.08. The second kappa shape index (κ2) is 9.96. The summed E-state index contributed by atoms with van der Waals surface area (Å²) in [5, 5.41) is 16.7. The molecule has 0 fully saturated rings. The molecule has 0 saturated carbocycles. The molecular formula is C12H18O4. The van der Waals surface area contributed by atoms with Crippen molar-refractivity contribution >= 4 is 11.9 Å². The Morgan fingerprint density at radius 1 is 0.812 bits per heavy atom. The lowest BCUT2D eigenvalue weighted by Gasteiger charge is -1.90. The maximum absolute atomic E-state index is 10.2. The summed E-state index contributed by atoms with van der Waals surface area (Å²) >= 11 is 0. The Bertz CT molecular complexity index is 266. The summed E-state index contributed by atoms with van der Waals surface area (Å²) in [6, 6.07) is 0. The van der Waals surface area contributed by atoms with E-state index in [1.807, 2.05) is 24.3 Å². The first kappa shape index (κ1) is 14.4. The maximum Gasteiger partial charge on any atom is 0.303 e. The summed E-state index contributed by atoms with van der Waals surface area (Å²) in [7, 11) is 0. The molecule has 0 unspecified atom stereocenters. The van der Waals surface area contributed by atoms with Crippen LogP contribution in [-0.2, 0) is 9.59 Å². The fourth-order valence-corrected chi connectivity index (χ4v) is 1.08. The molecule has 0 aromatic heterocycles. The van der Waals surface area contributed by atoms with E-state index in [9.17, 15) is 9.59 Å². The van der Waals surface area contributed by atoms with Gasteiger partial charge in [0.05, 0.1) is 0 Å². The van der Waals surface area contributed by atoms with Gasteiger partial charge >= 0.3 is 11.9 Å². The lowest BCUT2D eigenvalue weighted by atomic mass is 10.2. The van der Waals surface area contributed by atoms with Gasteiger partial charge in [-0.1, -0.05) is 24.3 Å². The van der Waals surface area contributed by atoms with Crippen LogP contribution in [0.25, 0.3) is 0 Å². The van der Waals surface area contributed by atoms with Crippen LogP contribution < -0.4 is 0 Å². The number of hydrogen-bond donors (Lipinski definition) is 2. The molecule has 0 atom stereocenters. The number of hydrogen-bond acceptors (Lipinski definition) is 2. The van der Waals surface area contributed by atoms with Crippen LogP contribution in [0.4, 0.5) is 0 Å². The Morgan fingerprint density at radius 2 is 1.38 bits per heavy atom. The average molecular weight is 226 g/mol. The third-order valence-corrected chi connectivity index (χ3v) is 1.89. The van der Waals surface area contributed by atoms with Gasteiger partial charge in [0.1, 0.15) is 0 Å². The molecule has 0 aliphatic heterocycles. The van der Waals surface area contributed by atoms with E-state index in [1.165, 1.54) is 0 Å². The number of rotatable bonds is 9. The minimum absolute atomic E-state index is 0.166. The predicted molar refractivity (Wildman–Crippen MR) is 61.3 cm³/mol. The molecule has 0 bridgehead atoms. The fraction of sp³-hybridized carbons (Fsp3) is 0.500. The van der Waals surface area contributed by atoms with Gasteiger partial charge in [0.2, 0.25) is 0 Å². The summed E-state index contributed by atoms with van der Waals surface area (Å²) in [5.74, 6) is -1.55. The average Bonchev–Trinajstić information content (AvgIpc) is 2.20. The number of carboxylic acid groups (broad SMARTS) is 2. The van der Waals surface area contributed by atoms with Crippen molar-refractivity contribution in [2.24, 2.45) is 0 Å². The van der Waals surface area contributed by atoms with Gasteiger partial charge in [-0.05, 0) is 25.7 Å². The molecule has 0 amide bonds. The first-order valence-electron chi connectivity index (χ1n) is 5.36. The van der Waals surface area contributed by atoms with Gasteiger partial charge in [0, 0.05) is 12.8 Å². The highest BCUT2D eigenvalue weighted by Gasteiger charge is 1.93. The Balaban J connectivity index is 3.33. The van der Waals surface area contributed by atoms with E-state index in [-0.39, 0.29) is 12.8 Å². The van der Waals surface area contributed by atoms with Crippen molar-refractivity contribution in [3.63, 3.8) is 0 Å². The number of unbranched alkanes of at least 4 members (excludes halogenated alkanes) is 1. The van der Waals surface area contributed by atoms with Crippen LogP contribution in [0.3, 0.4) is 0 Å². The zero-order valence-corrected chi connectivity index (χ0v) is 9.26. The van der Waals surface area contributed by atoms with Gasteiger partial charge in [0.15, 0.2) is 0 Å². The largest absolute Gasteiger partial charge is 0.481 e. The maximum atomic E-state index is 10.2. The zero-order valence-electron chi connectivity index (χ0n) is 9.26. The summed E-state index contributed by atoms with van der Waals surface area (Å²) in [6.07, 6.45) is 10.8. The highest BCUT2D eigenvalue weighted by Crippen LogP contribution is 1.98. The smallest absolute Gasteiger partial charge is 0.303 e. The van der Waals surface area contributed by atoms with Crippen molar-refractivity contribution < 1.29 is 19.8 Å². The molecule has 4 nitrogen and oxygen atoms in total. The lowest BCUT2D eigenvalue weighted by molar-refractivity contribution is -0.138.